The summed E-state index contributed by atoms with van der Waals surface area (Å²) < 4.78 is 30.7. The fourth-order valence-corrected chi connectivity index (χ4v) is 6.38. The number of carbonyl (C=O) groups is 3. The molecule has 2 aromatic carbocycles. The van der Waals surface area contributed by atoms with Crippen LogP contribution in [0.2, 0.25) is 10.0 Å². The van der Waals surface area contributed by atoms with Crippen LogP contribution in [0.4, 0.5) is 10.1 Å². The van der Waals surface area contributed by atoms with Crippen LogP contribution in [0.5, 0.6) is 11.5 Å². The SMILES string of the molecule is CC(C)(C)OC(=O)CN1CC(C(=O)NC23CCC(NC(=O)COc4ccc(Cl)c(F)c4)(CC2)CC3)Oc2ccc(Cl)cc21. The predicted octanol–water partition coefficient (Wildman–Crippen LogP) is 5.20. The number of nitrogens with zero attached hydrogens (tertiary/aromatic N) is 1. The number of rotatable bonds is 8. The van der Waals surface area contributed by atoms with Crippen LogP contribution in [0.3, 0.4) is 0 Å². The summed E-state index contributed by atoms with van der Waals surface area (Å²) in [5.74, 6) is -0.871. The van der Waals surface area contributed by atoms with Gasteiger partial charge in [0.15, 0.2) is 12.7 Å². The molecule has 9 nitrogen and oxygen atoms in total. The van der Waals surface area contributed by atoms with Crippen LogP contribution >= 0.6 is 23.2 Å². The number of anilines is 1. The average molecular weight is 637 g/mol. The summed E-state index contributed by atoms with van der Waals surface area (Å²) in [6.07, 6.45) is 3.35. The van der Waals surface area contributed by atoms with Gasteiger partial charge in [-0.1, -0.05) is 23.2 Å². The van der Waals surface area contributed by atoms with Crippen molar-refractivity contribution in [2.75, 3.05) is 24.6 Å². The van der Waals surface area contributed by atoms with Crippen molar-refractivity contribution in [3.63, 3.8) is 0 Å². The van der Waals surface area contributed by atoms with Gasteiger partial charge in [0.1, 0.15) is 29.5 Å². The minimum absolute atomic E-state index is 0.0152. The number of ether oxygens (including phenoxy) is 3. The number of fused-ring (bicyclic) bond motifs is 4. The van der Waals surface area contributed by atoms with E-state index < -0.39 is 29.0 Å². The predicted molar refractivity (Wildman–Crippen MR) is 160 cm³/mol. The van der Waals surface area contributed by atoms with E-state index in [0.29, 0.717) is 55.0 Å². The summed E-state index contributed by atoms with van der Waals surface area (Å²) in [7, 11) is 0. The minimum atomic E-state index is -0.839. The van der Waals surface area contributed by atoms with Crippen LogP contribution in [0.25, 0.3) is 0 Å². The van der Waals surface area contributed by atoms with Crippen molar-refractivity contribution in [2.45, 2.75) is 82.1 Å². The monoisotopic (exact) mass is 635 g/mol. The quantitative estimate of drug-likeness (QED) is 0.384. The van der Waals surface area contributed by atoms with E-state index in [2.05, 4.69) is 10.6 Å². The first-order valence-electron chi connectivity index (χ1n) is 14.4. The van der Waals surface area contributed by atoms with Gasteiger partial charge >= 0.3 is 5.97 Å². The Balaban J connectivity index is 1.17. The van der Waals surface area contributed by atoms with Crippen molar-refractivity contribution in [2.24, 2.45) is 0 Å². The fourth-order valence-electron chi connectivity index (χ4n) is 6.09. The van der Waals surface area contributed by atoms with Gasteiger partial charge in [0.25, 0.3) is 11.8 Å². The maximum atomic E-state index is 13.7. The standard InChI is InChI=1S/C31H36Cl2FN3O6/c1-29(2,3)43-27(39)17-37-16-25(42-24-7-4-19(32)14-23(24)37)28(40)36-31-11-8-30(9-12-31,10-13-31)35-26(38)18-41-20-5-6-21(33)22(34)15-20/h4-7,14-15,25H,8-13,16-18H2,1-3H3,(H,35,38)(H,36,40). The van der Waals surface area contributed by atoms with Crippen molar-refractivity contribution in [3.05, 3.63) is 52.3 Å². The Bertz CT molecular complexity index is 1390. The van der Waals surface area contributed by atoms with Crippen molar-refractivity contribution in [1.29, 1.82) is 0 Å². The maximum absolute atomic E-state index is 13.7. The van der Waals surface area contributed by atoms with Crippen LogP contribution in [0.15, 0.2) is 36.4 Å². The van der Waals surface area contributed by atoms with Crippen LogP contribution < -0.4 is 25.0 Å². The van der Waals surface area contributed by atoms with E-state index in [1.807, 2.05) is 0 Å². The van der Waals surface area contributed by atoms with E-state index in [4.69, 9.17) is 37.4 Å². The first-order chi connectivity index (χ1) is 20.2. The number of hydrogen-bond acceptors (Lipinski definition) is 7. The highest BCUT2D eigenvalue weighted by atomic mass is 35.5. The highest BCUT2D eigenvalue weighted by Crippen LogP contribution is 2.47. The third kappa shape index (κ3) is 7.47. The molecule has 1 atom stereocenters. The molecule has 4 aliphatic rings. The molecule has 1 aliphatic heterocycles. The zero-order valence-corrected chi connectivity index (χ0v) is 25.9. The summed E-state index contributed by atoms with van der Waals surface area (Å²) in [5.41, 5.74) is -0.791. The fraction of sp³-hybridized carbons (Fsp3) is 0.516. The normalized spacial score (nSPS) is 24.4. The van der Waals surface area contributed by atoms with Crippen LogP contribution in [-0.2, 0) is 19.1 Å². The van der Waals surface area contributed by atoms with E-state index in [9.17, 15) is 18.8 Å². The van der Waals surface area contributed by atoms with Gasteiger partial charge in [-0.2, -0.15) is 0 Å². The Hall–Kier alpha value is -3.24. The van der Waals surface area contributed by atoms with E-state index in [1.54, 1.807) is 43.9 Å². The summed E-state index contributed by atoms with van der Waals surface area (Å²) in [4.78, 5) is 40.7. The second kappa shape index (κ2) is 12.0. The number of benzene rings is 2. The minimum Gasteiger partial charge on any atom is -0.484 e. The maximum Gasteiger partial charge on any atom is 0.326 e. The van der Waals surface area contributed by atoms with Gasteiger partial charge in [0.2, 0.25) is 0 Å². The second-order valence-electron chi connectivity index (χ2n) is 12.6. The van der Waals surface area contributed by atoms with Gasteiger partial charge in [-0.05, 0) is 89.6 Å². The molecular formula is C31H36Cl2FN3O6. The average Bonchev–Trinajstić information content (AvgIpc) is 2.93. The van der Waals surface area contributed by atoms with E-state index >= 15 is 0 Å². The Kier molecular flexibility index (Phi) is 8.73. The van der Waals surface area contributed by atoms with Crippen LogP contribution in [-0.4, -0.2) is 60.3 Å². The first-order valence-corrected chi connectivity index (χ1v) is 15.1. The molecule has 0 radical (unpaired) electrons. The highest BCUT2D eigenvalue weighted by molar-refractivity contribution is 6.31. The Morgan fingerprint density at radius 1 is 1.00 bits per heavy atom. The largest absolute Gasteiger partial charge is 0.484 e. The van der Waals surface area contributed by atoms with E-state index in [-0.39, 0.29) is 47.8 Å². The van der Waals surface area contributed by atoms with Crippen molar-refractivity contribution in [3.8, 4) is 11.5 Å². The van der Waals surface area contributed by atoms with Crippen LogP contribution in [0, 0.1) is 5.82 Å². The zero-order chi connectivity index (χ0) is 31.0. The molecule has 3 fully saturated rings. The summed E-state index contributed by atoms with van der Waals surface area (Å²) in [6.45, 7) is 5.27. The smallest absolute Gasteiger partial charge is 0.326 e. The van der Waals surface area contributed by atoms with Crippen molar-refractivity contribution in [1.82, 2.24) is 10.6 Å². The lowest BCUT2D eigenvalue weighted by Crippen LogP contribution is -2.65. The van der Waals surface area contributed by atoms with E-state index in [1.165, 1.54) is 12.1 Å². The van der Waals surface area contributed by atoms with Gasteiger partial charge < -0.3 is 29.7 Å². The third-order valence-electron chi connectivity index (χ3n) is 8.25. The molecule has 3 aliphatic carbocycles. The molecule has 43 heavy (non-hydrogen) atoms. The number of nitrogens with one attached hydrogen (secondary N) is 2. The molecule has 1 unspecified atom stereocenters. The van der Waals surface area contributed by atoms with E-state index in [0.717, 1.165) is 6.07 Å². The first kappa shape index (κ1) is 31.2. The zero-order valence-electron chi connectivity index (χ0n) is 24.4. The van der Waals surface area contributed by atoms with Gasteiger partial charge in [0, 0.05) is 22.2 Å². The lowest BCUT2D eigenvalue weighted by Gasteiger charge is -2.54. The third-order valence-corrected chi connectivity index (χ3v) is 8.79. The summed E-state index contributed by atoms with van der Waals surface area (Å²) in [6, 6.07) is 9.12. The van der Waals surface area contributed by atoms with Crippen LogP contribution in [0.1, 0.15) is 59.3 Å². The molecule has 3 saturated carbocycles. The lowest BCUT2D eigenvalue weighted by atomic mass is 9.61. The number of amides is 2. The molecule has 0 saturated heterocycles. The van der Waals surface area contributed by atoms with Crippen molar-refractivity contribution < 1.29 is 33.0 Å². The molecule has 0 spiro atoms. The number of hydrogen-bond donors (Lipinski definition) is 2. The molecular weight excluding hydrogens is 600 g/mol. The number of halogens is 3. The Morgan fingerprint density at radius 3 is 2.28 bits per heavy atom. The molecule has 6 rings (SSSR count). The van der Waals surface area contributed by atoms with Gasteiger partial charge in [-0.3, -0.25) is 14.4 Å². The molecule has 12 heteroatoms. The number of esters is 1. The molecule has 2 N–H and O–H groups in total. The van der Waals surface area contributed by atoms with Gasteiger partial charge in [0.05, 0.1) is 17.3 Å². The molecule has 2 aromatic rings. The highest BCUT2D eigenvalue weighted by Gasteiger charge is 2.50. The molecule has 2 bridgehead atoms. The lowest BCUT2D eigenvalue weighted by molar-refractivity contribution is -0.153. The second-order valence-corrected chi connectivity index (χ2v) is 13.5. The summed E-state index contributed by atoms with van der Waals surface area (Å²) >= 11 is 11.9. The number of carbonyl (C=O) groups excluding carboxylic acids is 3. The van der Waals surface area contributed by atoms with Gasteiger partial charge in [-0.25, -0.2) is 4.39 Å². The molecule has 1 heterocycles. The Morgan fingerprint density at radius 2 is 1.65 bits per heavy atom. The topological polar surface area (TPSA) is 106 Å². The molecule has 232 valence electrons. The molecule has 2 amide bonds. The molecule has 0 aromatic heterocycles. The summed E-state index contributed by atoms with van der Waals surface area (Å²) in [5, 5.41) is 6.85. The Labute approximate surface area is 260 Å². The van der Waals surface area contributed by atoms with Gasteiger partial charge in [-0.15, -0.1) is 0 Å². The van der Waals surface area contributed by atoms with Crippen molar-refractivity contribution >= 4 is 46.7 Å².